The lowest BCUT2D eigenvalue weighted by atomic mass is 9.81. The number of rotatable bonds is 6. The highest BCUT2D eigenvalue weighted by molar-refractivity contribution is 9.12. The molecular weight excluding hydrogens is 478 g/mol. The molecule has 146 valence electrons. The molecule has 0 N–H and O–H groups in total. The minimum absolute atomic E-state index is 0.141. The van der Waals surface area contributed by atoms with Gasteiger partial charge < -0.3 is 4.74 Å². The standard InChI is InChI=1S/C20H23Br2NO4/c1-2-3-4-5-18(24)27-13-8-6-12(7-9-13)23-19(25)14-10-16(21)17(22)11-15(14)20(23)26/h6-9,14-17H,2-5,10-11H2,1H3/t14-,15-,16-,17-/m0/s1. The summed E-state index contributed by atoms with van der Waals surface area (Å²) >= 11 is 7.18. The lowest BCUT2D eigenvalue weighted by molar-refractivity contribution is -0.134. The van der Waals surface area contributed by atoms with Gasteiger partial charge in [-0.15, -0.1) is 0 Å². The Morgan fingerprint density at radius 3 is 2.11 bits per heavy atom. The topological polar surface area (TPSA) is 63.7 Å². The van der Waals surface area contributed by atoms with E-state index in [0.717, 1.165) is 19.3 Å². The fourth-order valence-corrected chi connectivity index (χ4v) is 4.95. The van der Waals surface area contributed by atoms with Crippen molar-refractivity contribution in [2.45, 2.75) is 55.1 Å². The van der Waals surface area contributed by atoms with Gasteiger partial charge >= 0.3 is 5.97 Å². The highest BCUT2D eigenvalue weighted by atomic mass is 79.9. The van der Waals surface area contributed by atoms with Crippen LogP contribution in [0.2, 0.25) is 0 Å². The molecule has 1 saturated heterocycles. The zero-order valence-corrected chi connectivity index (χ0v) is 18.4. The Kier molecular flexibility index (Phi) is 6.74. The molecule has 0 aromatic heterocycles. The van der Waals surface area contributed by atoms with E-state index in [-0.39, 0.29) is 39.3 Å². The quantitative estimate of drug-likeness (QED) is 0.188. The molecule has 2 aliphatic rings. The molecule has 1 aromatic carbocycles. The average molecular weight is 501 g/mol. The maximum Gasteiger partial charge on any atom is 0.311 e. The van der Waals surface area contributed by atoms with E-state index in [4.69, 9.17) is 4.74 Å². The number of unbranched alkanes of at least 4 members (excludes halogenated alkanes) is 2. The van der Waals surface area contributed by atoms with Crippen molar-refractivity contribution >= 4 is 55.3 Å². The number of carbonyl (C=O) groups excluding carboxylic acids is 3. The van der Waals surface area contributed by atoms with Crippen LogP contribution in [-0.4, -0.2) is 27.4 Å². The predicted molar refractivity (Wildman–Crippen MR) is 110 cm³/mol. The highest BCUT2D eigenvalue weighted by Gasteiger charge is 2.52. The van der Waals surface area contributed by atoms with E-state index in [1.54, 1.807) is 24.3 Å². The summed E-state index contributed by atoms with van der Waals surface area (Å²) in [5.74, 6) is -0.658. The molecule has 1 aliphatic heterocycles. The van der Waals surface area contributed by atoms with Crippen molar-refractivity contribution in [2.75, 3.05) is 4.90 Å². The Morgan fingerprint density at radius 1 is 1.04 bits per heavy atom. The number of ether oxygens (including phenoxy) is 1. The molecule has 1 saturated carbocycles. The monoisotopic (exact) mass is 499 g/mol. The number of hydrogen-bond acceptors (Lipinski definition) is 4. The van der Waals surface area contributed by atoms with Crippen LogP contribution >= 0.6 is 31.9 Å². The molecular formula is C20H23Br2NO4. The first-order valence-electron chi connectivity index (χ1n) is 9.39. The van der Waals surface area contributed by atoms with Crippen LogP contribution in [0.3, 0.4) is 0 Å². The third-order valence-corrected chi connectivity index (χ3v) is 7.96. The van der Waals surface area contributed by atoms with Crippen LogP contribution in [0.15, 0.2) is 24.3 Å². The number of imide groups is 1. The summed E-state index contributed by atoms with van der Waals surface area (Å²) in [6.07, 6.45) is 4.55. The molecule has 5 nitrogen and oxygen atoms in total. The van der Waals surface area contributed by atoms with Gasteiger partial charge in [0.15, 0.2) is 0 Å². The van der Waals surface area contributed by atoms with Gasteiger partial charge in [-0.3, -0.25) is 19.3 Å². The molecule has 0 radical (unpaired) electrons. The largest absolute Gasteiger partial charge is 0.427 e. The zero-order valence-electron chi connectivity index (χ0n) is 15.2. The maximum absolute atomic E-state index is 12.8. The van der Waals surface area contributed by atoms with Crippen molar-refractivity contribution in [1.29, 1.82) is 0 Å². The Balaban J connectivity index is 1.67. The summed E-state index contributed by atoms with van der Waals surface area (Å²) < 4.78 is 5.32. The summed E-state index contributed by atoms with van der Waals surface area (Å²) in [7, 11) is 0. The number of amides is 2. The number of fused-ring (bicyclic) bond motifs is 1. The van der Waals surface area contributed by atoms with E-state index in [9.17, 15) is 14.4 Å². The van der Waals surface area contributed by atoms with Gasteiger partial charge in [0, 0.05) is 16.1 Å². The third-order valence-electron chi connectivity index (χ3n) is 5.22. The van der Waals surface area contributed by atoms with E-state index in [0.29, 0.717) is 30.7 Å². The summed E-state index contributed by atoms with van der Waals surface area (Å²) in [4.78, 5) is 39.1. The van der Waals surface area contributed by atoms with Crippen LogP contribution in [0, 0.1) is 11.8 Å². The number of hydrogen-bond donors (Lipinski definition) is 0. The van der Waals surface area contributed by atoms with Crippen molar-refractivity contribution in [3.8, 4) is 5.75 Å². The number of carbonyl (C=O) groups is 3. The zero-order chi connectivity index (χ0) is 19.6. The molecule has 0 bridgehead atoms. The van der Waals surface area contributed by atoms with Crippen molar-refractivity contribution in [2.24, 2.45) is 11.8 Å². The molecule has 1 heterocycles. The molecule has 4 atom stereocenters. The van der Waals surface area contributed by atoms with E-state index in [1.807, 2.05) is 0 Å². The summed E-state index contributed by atoms with van der Waals surface area (Å²) in [6.45, 7) is 2.08. The number of alkyl halides is 2. The fraction of sp³-hybridized carbons (Fsp3) is 0.550. The van der Waals surface area contributed by atoms with Crippen molar-refractivity contribution in [3.05, 3.63) is 24.3 Å². The Bertz CT molecular complexity index is 693. The molecule has 27 heavy (non-hydrogen) atoms. The first kappa shape index (κ1) is 20.5. The fourth-order valence-electron chi connectivity index (χ4n) is 3.71. The normalized spacial score (nSPS) is 27.6. The number of benzene rings is 1. The van der Waals surface area contributed by atoms with Gasteiger partial charge in [-0.2, -0.15) is 0 Å². The molecule has 1 aromatic rings. The molecule has 7 heteroatoms. The smallest absolute Gasteiger partial charge is 0.311 e. The highest BCUT2D eigenvalue weighted by Crippen LogP contribution is 2.44. The Hall–Kier alpha value is -1.21. The van der Waals surface area contributed by atoms with Crippen molar-refractivity contribution < 1.29 is 19.1 Å². The molecule has 0 unspecified atom stereocenters. The Labute approximate surface area is 176 Å². The van der Waals surface area contributed by atoms with Gasteiger partial charge in [0.05, 0.1) is 17.5 Å². The Morgan fingerprint density at radius 2 is 1.59 bits per heavy atom. The van der Waals surface area contributed by atoms with Crippen LogP contribution in [0.1, 0.15) is 45.4 Å². The second kappa shape index (κ2) is 8.86. The third kappa shape index (κ3) is 4.45. The predicted octanol–water partition coefficient (Wildman–Crippen LogP) is 4.60. The van der Waals surface area contributed by atoms with Crippen LogP contribution < -0.4 is 9.64 Å². The molecule has 2 fully saturated rings. The lowest BCUT2D eigenvalue weighted by Gasteiger charge is -2.29. The molecule has 3 rings (SSSR count). The van der Waals surface area contributed by atoms with E-state index in [2.05, 4.69) is 38.8 Å². The minimum atomic E-state index is -0.272. The number of anilines is 1. The summed E-state index contributed by atoms with van der Waals surface area (Å²) in [5, 5.41) is 0. The van der Waals surface area contributed by atoms with Crippen LogP contribution in [0.4, 0.5) is 5.69 Å². The second-order valence-corrected chi connectivity index (χ2v) is 9.51. The number of nitrogens with zero attached hydrogens (tertiary/aromatic N) is 1. The van der Waals surface area contributed by atoms with E-state index in [1.165, 1.54) is 4.90 Å². The van der Waals surface area contributed by atoms with Gasteiger partial charge in [-0.25, -0.2) is 0 Å². The van der Waals surface area contributed by atoms with Crippen LogP contribution in [0.25, 0.3) is 0 Å². The first-order valence-corrected chi connectivity index (χ1v) is 11.2. The number of esters is 1. The number of halogens is 2. The summed E-state index contributed by atoms with van der Waals surface area (Å²) in [5.41, 5.74) is 0.530. The van der Waals surface area contributed by atoms with Crippen LogP contribution in [0.5, 0.6) is 5.75 Å². The molecule has 1 aliphatic carbocycles. The minimum Gasteiger partial charge on any atom is -0.427 e. The maximum atomic E-state index is 12.8. The van der Waals surface area contributed by atoms with Gasteiger partial charge in [0.2, 0.25) is 11.8 Å². The molecule has 2 amide bonds. The van der Waals surface area contributed by atoms with Crippen molar-refractivity contribution in [1.82, 2.24) is 0 Å². The SMILES string of the molecule is CCCCCC(=O)Oc1ccc(N2C(=O)[C@H]3C[C@H](Br)[C@@H](Br)C[C@@H]3C2=O)cc1. The van der Waals surface area contributed by atoms with E-state index < -0.39 is 0 Å². The first-order chi connectivity index (χ1) is 12.9. The lowest BCUT2D eigenvalue weighted by Crippen LogP contribution is -2.34. The average Bonchev–Trinajstić information content (AvgIpc) is 2.87. The van der Waals surface area contributed by atoms with Gasteiger partial charge in [0.1, 0.15) is 5.75 Å². The molecule has 0 spiro atoms. The van der Waals surface area contributed by atoms with Gasteiger partial charge in [0.25, 0.3) is 0 Å². The van der Waals surface area contributed by atoms with Gasteiger partial charge in [-0.1, -0.05) is 51.6 Å². The second-order valence-electron chi connectivity index (χ2n) is 7.15. The van der Waals surface area contributed by atoms with Crippen molar-refractivity contribution in [3.63, 3.8) is 0 Å². The van der Waals surface area contributed by atoms with Crippen LogP contribution in [-0.2, 0) is 14.4 Å². The van der Waals surface area contributed by atoms with E-state index >= 15 is 0 Å². The summed E-state index contributed by atoms with van der Waals surface area (Å²) in [6, 6.07) is 6.60. The van der Waals surface area contributed by atoms with Gasteiger partial charge in [-0.05, 0) is 43.5 Å².